The molecule has 0 saturated heterocycles. The molecule has 0 aliphatic heterocycles. The minimum atomic E-state index is -1.56. The van der Waals surface area contributed by atoms with Gasteiger partial charge in [-0.3, -0.25) is 9.63 Å². The van der Waals surface area contributed by atoms with Gasteiger partial charge in [-0.2, -0.15) is 0 Å². The van der Waals surface area contributed by atoms with Crippen molar-refractivity contribution in [1.82, 2.24) is 0 Å². The van der Waals surface area contributed by atoms with E-state index < -0.39 is 23.6 Å². The molecule has 0 bridgehead atoms. The molecule has 0 aromatic carbocycles. The summed E-state index contributed by atoms with van der Waals surface area (Å²) in [6, 6.07) is 0. The molecule has 0 unspecified atom stereocenters. The largest absolute Gasteiger partial charge is 0.535 e. The van der Waals surface area contributed by atoms with Crippen molar-refractivity contribution >= 4 is 23.6 Å². The van der Waals surface area contributed by atoms with Gasteiger partial charge in [0.25, 0.3) is 0 Å². The van der Waals surface area contributed by atoms with Gasteiger partial charge in [0.2, 0.25) is 5.71 Å². The molecule has 1 N–H and O–H groups in total. The Morgan fingerprint density at radius 2 is 1.94 bits per heavy atom. The number of hydrogen-bond donors (Lipinski definition) is 1. The number of hydrogen-bond acceptors (Lipinski definition) is 6. The molecule has 0 aromatic heterocycles. The van der Waals surface area contributed by atoms with Gasteiger partial charge in [0.1, 0.15) is 0 Å². The molecule has 0 spiro atoms. The SMILES string of the molecule is CCCCOC(=O)ON=C(C(C)=O)C(=O)O. The number of carbonyl (C=O) groups is 3. The number of ketones is 1. The van der Waals surface area contributed by atoms with Gasteiger partial charge in [0.05, 0.1) is 6.61 Å². The highest BCUT2D eigenvalue weighted by atomic mass is 16.8. The summed E-state index contributed by atoms with van der Waals surface area (Å²) >= 11 is 0. The molecule has 16 heavy (non-hydrogen) atoms. The van der Waals surface area contributed by atoms with Crippen LogP contribution >= 0.6 is 0 Å². The highest BCUT2D eigenvalue weighted by molar-refractivity contribution is 6.63. The zero-order chi connectivity index (χ0) is 12.6. The van der Waals surface area contributed by atoms with E-state index in [1.54, 1.807) is 0 Å². The minimum Gasteiger partial charge on any atom is -0.476 e. The van der Waals surface area contributed by atoms with E-state index in [2.05, 4.69) is 14.7 Å². The summed E-state index contributed by atoms with van der Waals surface area (Å²) in [6.07, 6.45) is 0.371. The van der Waals surface area contributed by atoms with Crippen LogP contribution in [0.4, 0.5) is 4.79 Å². The van der Waals surface area contributed by atoms with Crippen LogP contribution in [0.1, 0.15) is 26.7 Å². The molecule has 0 atom stereocenters. The van der Waals surface area contributed by atoms with Crippen LogP contribution in [0.3, 0.4) is 0 Å². The van der Waals surface area contributed by atoms with Crippen molar-refractivity contribution in [3.8, 4) is 0 Å². The number of carboxylic acid groups (broad SMARTS) is 1. The van der Waals surface area contributed by atoms with Crippen LogP contribution in [0.5, 0.6) is 0 Å². The highest BCUT2D eigenvalue weighted by Gasteiger charge is 2.17. The van der Waals surface area contributed by atoms with Crippen LogP contribution in [-0.2, 0) is 19.2 Å². The van der Waals surface area contributed by atoms with Gasteiger partial charge in [-0.1, -0.05) is 18.5 Å². The molecule has 7 nitrogen and oxygen atoms in total. The molecule has 0 aliphatic rings. The van der Waals surface area contributed by atoms with Gasteiger partial charge in [-0.25, -0.2) is 9.59 Å². The third kappa shape index (κ3) is 5.74. The monoisotopic (exact) mass is 231 g/mol. The van der Waals surface area contributed by atoms with Crippen molar-refractivity contribution in [2.45, 2.75) is 26.7 Å². The smallest absolute Gasteiger partial charge is 0.476 e. The fraction of sp³-hybridized carbons (Fsp3) is 0.556. The lowest BCUT2D eigenvalue weighted by atomic mass is 10.3. The average Bonchev–Trinajstić information content (AvgIpc) is 2.17. The number of aliphatic carboxylic acids is 1. The first-order valence-electron chi connectivity index (χ1n) is 4.65. The molecular formula is C9H13NO6. The highest BCUT2D eigenvalue weighted by Crippen LogP contribution is 1.93. The van der Waals surface area contributed by atoms with E-state index in [0.29, 0.717) is 6.42 Å². The zero-order valence-corrected chi connectivity index (χ0v) is 9.06. The van der Waals surface area contributed by atoms with E-state index in [1.165, 1.54) is 0 Å². The fourth-order valence-electron chi connectivity index (χ4n) is 0.663. The van der Waals surface area contributed by atoms with Crippen molar-refractivity contribution in [2.75, 3.05) is 6.61 Å². The zero-order valence-electron chi connectivity index (χ0n) is 9.06. The van der Waals surface area contributed by atoms with Gasteiger partial charge < -0.3 is 9.84 Å². The Labute approximate surface area is 92.0 Å². The van der Waals surface area contributed by atoms with Gasteiger partial charge in [0, 0.05) is 6.92 Å². The first-order chi connectivity index (χ1) is 7.49. The fourth-order valence-corrected chi connectivity index (χ4v) is 0.663. The summed E-state index contributed by atoms with van der Waals surface area (Å²) in [5.74, 6) is -2.37. The van der Waals surface area contributed by atoms with Gasteiger partial charge in [0.15, 0.2) is 5.78 Å². The standard InChI is InChI=1S/C9H13NO6/c1-3-4-5-15-9(14)16-10-7(6(2)11)8(12)13/h3-5H2,1-2H3,(H,12,13). The first kappa shape index (κ1) is 14.1. The predicted octanol–water partition coefficient (Wildman–Crippen LogP) is 0.969. The summed E-state index contributed by atoms with van der Waals surface area (Å²) in [6.45, 7) is 3.07. The summed E-state index contributed by atoms with van der Waals surface area (Å²) in [5, 5.41) is 11.4. The van der Waals surface area contributed by atoms with Crippen molar-refractivity contribution in [3.05, 3.63) is 0 Å². The van der Waals surface area contributed by atoms with Crippen LogP contribution in [-0.4, -0.2) is 35.3 Å². The van der Waals surface area contributed by atoms with Crippen LogP contribution in [0.2, 0.25) is 0 Å². The van der Waals surface area contributed by atoms with E-state index in [-0.39, 0.29) is 6.61 Å². The molecule has 90 valence electrons. The molecule has 7 heteroatoms. The van der Waals surface area contributed by atoms with Crippen LogP contribution in [0, 0.1) is 0 Å². The molecule has 0 fully saturated rings. The molecule has 0 rings (SSSR count). The number of oxime groups is 1. The summed E-state index contributed by atoms with van der Waals surface area (Å²) in [7, 11) is 0. The Kier molecular flexibility index (Phi) is 6.50. The van der Waals surface area contributed by atoms with Crippen molar-refractivity contribution in [1.29, 1.82) is 0 Å². The van der Waals surface area contributed by atoms with Crippen LogP contribution in [0.15, 0.2) is 5.16 Å². The maximum atomic E-state index is 10.8. The molecular weight excluding hydrogens is 218 g/mol. The number of Topliss-reactive ketones (excluding diaryl/α,β-unsaturated/α-hetero) is 1. The second kappa shape index (κ2) is 7.38. The van der Waals surface area contributed by atoms with E-state index in [4.69, 9.17) is 5.11 Å². The Bertz CT molecular complexity index is 293. The van der Waals surface area contributed by atoms with Gasteiger partial charge >= 0.3 is 12.1 Å². The second-order valence-corrected chi connectivity index (χ2v) is 2.84. The first-order valence-corrected chi connectivity index (χ1v) is 4.65. The van der Waals surface area contributed by atoms with Crippen molar-refractivity contribution in [2.24, 2.45) is 5.16 Å². The maximum Gasteiger partial charge on any atom is 0.535 e. The lowest BCUT2D eigenvalue weighted by Gasteiger charge is -2.00. The summed E-state index contributed by atoms with van der Waals surface area (Å²) in [5.41, 5.74) is -0.854. The lowest BCUT2D eigenvalue weighted by molar-refractivity contribution is -0.130. The average molecular weight is 231 g/mol. The number of carboxylic acids is 1. The molecule has 0 radical (unpaired) electrons. The van der Waals surface area contributed by atoms with Gasteiger partial charge in [-0.15, -0.1) is 0 Å². The van der Waals surface area contributed by atoms with E-state index in [1.807, 2.05) is 6.92 Å². The van der Waals surface area contributed by atoms with E-state index in [9.17, 15) is 14.4 Å². The third-order valence-corrected chi connectivity index (χ3v) is 1.47. The number of nitrogens with zero attached hydrogens (tertiary/aromatic N) is 1. The maximum absolute atomic E-state index is 10.8. The molecule has 0 aromatic rings. The normalized spacial score (nSPS) is 10.8. The van der Waals surface area contributed by atoms with E-state index in [0.717, 1.165) is 13.3 Å². The second-order valence-electron chi connectivity index (χ2n) is 2.84. The van der Waals surface area contributed by atoms with Crippen molar-refractivity contribution < 1.29 is 29.1 Å². The van der Waals surface area contributed by atoms with Crippen molar-refractivity contribution in [3.63, 3.8) is 0 Å². The topological polar surface area (TPSA) is 102 Å². The minimum absolute atomic E-state index is 0.160. The molecule has 0 heterocycles. The molecule has 0 saturated carbocycles. The van der Waals surface area contributed by atoms with Crippen LogP contribution in [0.25, 0.3) is 0 Å². The Morgan fingerprint density at radius 3 is 2.38 bits per heavy atom. The predicted molar refractivity (Wildman–Crippen MR) is 53.1 cm³/mol. The van der Waals surface area contributed by atoms with Crippen LogP contribution < -0.4 is 0 Å². The number of carbonyl (C=O) groups excluding carboxylic acids is 2. The Balaban J connectivity index is 4.17. The Morgan fingerprint density at radius 1 is 1.31 bits per heavy atom. The number of rotatable bonds is 6. The Hall–Kier alpha value is -1.92. The number of unbranched alkanes of at least 4 members (excludes halogenated alkanes) is 1. The van der Waals surface area contributed by atoms with Gasteiger partial charge in [-0.05, 0) is 6.42 Å². The quantitative estimate of drug-likeness (QED) is 0.182. The lowest BCUT2D eigenvalue weighted by Crippen LogP contribution is -2.22. The van der Waals surface area contributed by atoms with E-state index >= 15 is 0 Å². The third-order valence-electron chi connectivity index (χ3n) is 1.47. The molecule has 0 aliphatic carbocycles. The summed E-state index contributed by atoms with van der Waals surface area (Å²) in [4.78, 5) is 36.1. The summed E-state index contributed by atoms with van der Waals surface area (Å²) < 4.78 is 4.52. The number of ether oxygens (including phenoxy) is 1. The molecule has 0 amide bonds.